The van der Waals surface area contributed by atoms with Crippen molar-refractivity contribution in [2.24, 2.45) is 5.73 Å². The van der Waals surface area contributed by atoms with Crippen molar-refractivity contribution in [1.29, 1.82) is 0 Å². The summed E-state index contributed by atoms with van der Waals surface area (Å²) in [6.45, 7) is 1.16. The lowest BCUT2D eigenvalue weighted by atomic mass is 9.94. The predicted octanol–water partition coefficient (Wildman–Crippen LogP) is 2.58. The van der Waals surface area contributed by atoms with Crippen LogP contribution < -0.4 is 5.73 Å². The first-order valence-electron chi connectivity index (χ1n) is 5.75. The van der Waals surface area contributed by atoms with Crippen molar-refractivity contribution in [2.75, 3.05) is 12.0 Å². The van der Waals surface area contributed by atoms with Crippen LogP contribution in [0.15, 0.2) is 12.3 Å². The average molecular weight is 224 g/mol. The molecule has 3 heteroatoms. The van der Waals surface area contributed by atoms with Gasteiger partial charge in [0.2, 0.25) is 0 Å². The number of hydrogen-bond donors (Lipinski definition) is 1. The molecule has 0 aliphatic heterocycles. The largest absolute Gasteiger partial charge is 0.351 e. The lowest BCUT2D eigenvalue weighted by Crippen LogP contribution is -2.18. The number of fused-ring (bicyclic) bond motifs is 1. The molecule has 0 saturated carbocycles. The van der Waals surface area contributed by atoms with Crippen molar-refractivity contribution in [2.45, 2.75) is 38.3 Å². The zero-order valence-corrected chi connectivity index (χ0v) is 10.2. The third-order valence-electron chi connectivity index (χ3n) is 3.19. The molecule has 1 aliphatic carbocycles. The normalized spacial score (nSPS) is 20.3. The molecule has 1 aliphatic rings. The van der Waals surface area contributed by atoms with Crippen LogP contribution in [0, 0.1) is 0 Å². The summed E-state index contributed by atoms with van der Waals surface area (Å²) in [5, 5.41) is 0. The molecule has 0 spiro atoms. The number of rotatable bonds is 4. The van der Waals surface area contributed by atoms with E-state index in [4.69, 9.17) is 5.73 Å². The van der Waals surface area contributed by atoms with Gasteiger partial charge < -0.3 is 10.3 Å². The van der Waals surface area contributed by atoms with Crippen LogP contribution in [0.2, 0.25) is 0 Å². The predicted molar refractivity (Wildman–Crippen MR) is 67.3 cm³/mol. The highest BCUT2D eigenvalue weighted by atomic mass is 32.2. The first kappa shape index (κ1) is 11.1. The SMILES string of the molecule is CSCCCn1ccc2c1CCCC2N. The maximum Gasteiger partial charge on any atom is 0.0312 e. The summed E-state index contributed by atoms with van der Waals surface area (Å²) in [7, 11) is 0. The van der Waals surface area contributed by atoms with E-state index < -0.39 is 0 Å². The van der Waals surface area contributed by atoms with Crippen LogP contribution in [-0.2, 0) is 13.0 Å². The molecular weight excluding hydrogens is 204 g/mol. The van der Waals surface area contributed by atoms with Gasteiger partial charge >= 0.3 is 0 Å². The van der Waals surface area contributed by atoms with Crippen molar-refractivity contribution >= 4 is 11.8 Å². The molecule has 2 N–H and O–H groups in total. The van der Waals surface area contributed by atoms with Gasteiger partial charge in [-0.1, -0.05) is 0 Å². The molecule has 1 atom stereocenters. The van der Waals surface area contributed by atoms with E-state index in [1.165, 1.54) is 36.3 Å². The number of aromatic nitrogens is 1. The van der Waals surface area contributed by atoms with Crippen LogP contribution in [0.4, 0.5) is 0 Å². The van der Waals surface area contributed by atoms with E-state index in [-0.39, 0.29) is 6.04 Å². The Morgan fingerprint density at radius 2 is 2.47 bits per heavy atom. The van der Waals surface area contributed by atoms with Crippen LogP contribution in [0.1, 0.15) is 36.6 Å². The van der Waals surface area contributed by atoms with Crippen LogP contribution in [0.25, 0.3) is 0 Å². The van der Waals surface area contributed by atoms with E-state index in [1.54, 1.807) is 0 Å². The highest BCUT2D eigenvalue weighted by Gasteiger charge is 2.19. The summed E-state index contributed by atoms with van der Waals surface area (Å²) in [5.41, 5.74) is 8.99. The van der Waals surface area contributed by atoms with Crippen molar-refractivity contribution in [3.05, 3.63) is 23.5 Å². The third-order valence-corrected chi connectivity index (χ3v) is 3.89. The molecule has 0 aromatic carbocycles. The first-order chi connectivity index (χ1) is 7.33. The van der Waals surface area contributed by atoms with Gasteiger partial charge in [-0.15, -0.1) is 0 Å². The van der Waals surface area contributed by atoms with E-state index >= 15 is 0 Å². The maximum absolute atomic E-state index is 6.10. The van der Waals surface area contributed by atoms with E-state index in [2.05, 4.69) is 23.1 Å². The van der Waals surface area contributed by atoms with Gasteiger partial charge in [0.05, 0.1) is 0 Å². The molecule has 1 unspecified atom stereocenters. The van der Waals surface area contributed by atoms with E-state index in [0.29, 0.717) is 0 Å². The number of aryl methyl sites for hydroxylation is 1. The fourth-order valence-corrected chi connectivity index (χ4v) is 2.80. The van der Waals surface area contributed by atoms with Crippen LogP contribution in [0.3, 0.4) is 0 Å². The number of nitrogens with zero attached hydrogens (tertiary/aromatic N) is 1. The highest BCUT2D eigenvalue weighted by Crippen LogP contribution is 2.28. The number of hydrogen-bond acceptors (Lipinski definition) is 2. The zero-order chi connectivity index (χ0) is 10.7. The molecule has 1 aromatic heterocycles. The Bertz CT molecular complexity index is 319. The minimum Gasteiger partial charge on any atom is -0.351 e. The van der Waals surface area contributed by atoms with Gasteiger partial charge in [-0.25, -0.2) is 0 Å². The minimum absolute atomic E-state index is 0.288. The van der Waals surface area contributed by atoms with Crippen LogP contribution >= 0.6 is 11.8 Å². The van der Waals surface area contributed by atoms with E-state index in [0.717, 1.165) is 13.0 Å². The lowest BCUT2D eigenvalue weighted by molar-refractivity contribution is 0.537. The van der Waals surface area contributed by atoms with Gasteiger partial charge in [0, 0.05) is 24.5 Å². The van der Waals surface area contributed by atoms with Crippen molar-refractivity contribution in [1.82, 2.24) is 4.57 Å². The minimum atomic E-state index is 0.288. The zero-order valence-electron chi connectivity index (χ0n) is 9.41. The Morgan fingerprint density at radius 3 is 3.27 bits per heavy atom. The summed E-state index contributed by atoms with van der Waals surface area (Å²) in [6, 6.07) is 2.51. The summed E-state index contributed by atoms with van der Waals surface area (Å²) in [6.07, 6.45) is 9.27. The molecule has 0 amide bonds. The Morgan fingerprint density at radius 1 is 1.60 bits per heavy atom. The second-order valence-electron chi connectivity index (χ2n) is 4.26. The standard InChI is InChI=1S/C12H20N2S/c1-15-9-3-7-14-8-6-10-11(13)4-2-5-12(10)14/h6,8,11H,2-5,7,9,13H2,1H3. The van der Waals surface area contributed by atoms with Gasteiger partial charge in [0.25, 0.3) is 0 Å². The molecule has 0 bridgehead atoms. The monoisotopic (exact) mass is 224 g/mol. The molecule has 2 rings (SSSR count). The lowest BCUT2D eigenvalue weighted by Gasteiger charge is -2.20. The van der Waals surface area contributed by atoms with Gasteiger partial charge in [-0.3, -0.25) is 0 Å². The molecule has 1 heterocycles. The molecule has 1 aromatic rings. The quantitative estimate of drug-likeness (QED) is 0.797. The second-order valence-corrected chi connectivity index (χ2v) is 5.24. The summed E-state index contributed by atoms with van der Waals surface area (Å²) in [4.78, 5) is 0. The summed E-state index contributed by atoms with van der Waals surface area (Å²) >= 11 is 1.92. The van der Waals surface area contributed by atoms with Crippen LogP contribution in [-0.4, -0.2) is 16.6 Å². The van der Waals surface area contributed by atoms with Gasteiger partial charge in [0.15, 0.2) is 0 Å². The second kappa shape index (κ2) is 5.08. The number of nitrogens with two attached hydrogens (primary N) is 1. The van der Waals surface area contributed by atoms with E-state index in [1.807, 2.05) is 11.8 Å². The highest BCUT2D eigenvalue weighted by molar-refractivity contribution is 7.98. The maximum atomic E-state index is 6.10. The van der Waals surface area contributed by atoms with Crippen molar-refractivity contribution in [3.63, 3.8) is 0 Å². The Hall–Kier alpha value is -0.410. The Balaban J connectivity index is 2.06. The molecular formula is C12H20N2S. The van der Waals surface area contributed by atoms with Gasteiger partial charge in [-0.2, -0.15) is 11.8 Å². The fourth-order valence-electron chi connectivity index (χ4n) is 2.38. The molecule has 0 fully saturated rings. The topological polar surface area (TPSA) is 30.9 Å². The average Bonchev–Trinajstić information content (AvgIpc) is 2.64. The first-order valence-corrected chi connectivity index (χ1v) is 7.14. The molecule has 0 saturated heterocycles. The van der Waals surface area contributed by atoms with Crippen LogP contribution in [0.5, 0.6) is 0 Å². The summed E-state index contributed by atoms with van der Waals surface area (Å²) < 4.78 is 2.41. The molecule has 2 nitrogen and oxygen atoms in total. The van der Waals surface area contributed by atoms with Gasteiger partial charge in [0.1, 0.15) is 0 Å². The molecule has 15 heavy (non-hydrogen) atoms. The van der Waals surface area contributed by atoms with Crippen molar-refractivity contribution < 1.29 is 0 Å². The number of thioether (sulfide) groups is 1. The smallest absolute Gasteiger partial charge is 0.0312 e. The fraction of sp³-hybridized carbons (Fsp3) is 0.667. The van der Waals surface area contributed by atoms with Crippen molar-refractivity contribution in [3.8, 4) is 0 Å². The third kappa shape index (κ3) is 2.40. The van der Waals surface area contributed by atoms with Gasteiger partial charge in [-0.05, 0) is 49.3 Å². The Kier molecular flexibility index (Phi) is 3.76. The molecule has 84 valence electrons. The van der Waals surface area contributed by atoms with E-state index in [9.17, 15) is 0 Å². The molecule has 0 radical (unpaired) electrons. The summed E-state index contributed by atoms with van der Waals surface area (Å²) in [5.74, 6) is 1.25. The Labute approximate surface area is 96.2 Å².